The molecular formula is C18H17ClN4O5. The number of nitro benzene ring substituents is 1. The SMILES string of the molecule is COCCCn1c(O)c(C=Nc2ccc([N+](=O)[O-])cc2Cl)c(C)c(C#N)c1=O. The summed E-state index contributed by atoms with van der Waals surface area (Å²) in [5, 5.41) is 30.7. The van der Waals surface area contributed by atoms with Gasteiger partial charge in [-0.15, -0.1) is 0 Å². The Balaban J connectivity index is 2.52. The number of non-ortho nitro benzene ring substituents is 1. The van der Waals surface area contributed by atoms with Crippen molar-refractivity contribution in [3.63, 3.8) is 0 Å². The Morgan fingerprint density at radius 3 is 2.79 bits per heavy atom. The third-order valence-electron chi connectivity index (χ3n) is 4.05. The number of aliphatic imine (C=N–C) groups is 1. The Morgan fingerprint density at radius 2 is 2.21 bits per heavy atom. The first-order valence-corrected chi connectivity index (χ1v) is 8.53. The molecule has 0 aliphatic heterocycles. The second-order valence-electron chi connectivity index (χ2n) is 5.80. The highest BCUT2D eigenvalue weighted by atomic mass is 35.5. The third-order valence-corrected chi connectivity index (χ3v) is 4.35. The zero-order valence-electron chi connectivity index (χ0n) is 15.2. The van der Waals surface area contributed by atoms with Gasteiger partial charge in [0.15, 0.2) is 0 Å². The van der Waals surface area contributed by atoms with E-state index in [0.29, 0.717) is 13.0 Å². The summed E-state index contributed by atoms with van der Waals surface area (Å²) in [7, 11) is 1.52. The lowest BCUT2D eigenvalue weighted by molar-refractivity contribution is -0.384. The van der Waals surface area contributed by atoms with Crippen molar-refractivity contribution in [2.75, 3.05) is 13.7 Å². The number of pyridine rings is 1. The second kappa shape index (κ2) is 9.12. The summed E-state index contributed by atoms with van der Waals surface area (Å²) in [6.07, 6.45) is 1.73. The number of hydrogen-bond acceptors (Lipinski definition) is 7. The van der Waals surface area contributed by atoms with Crippen LogP contribution in [0.1, 0.15) is 23.1 Å². The summed E-state index contributed by atoms with van der Waals surface area (Å²) >= 11 is 6.02. The molecule has 1 aromatic heterocycles. The van der Waals surface area contributed by atoms with Crippen LogP contribution in [0.5, 0.6) is 5.88 Å². The van der Waals surface area contributed by atoms with E-state index in [1.165, 1.54) is 32.4 Å². The average Bonchev–Trinajstić information content (AvgIpc) is 2.65. The molecule has 2 aromatic rings. The molecule has 2 rings (SSSR count). The maximum atomic E-state index is 12.4. The molecule has 0 radical (unpaired) electrons. The predicted octanol–water partition coefficient (Wildman–Crippen LogP) is 3.08. The predicted molar refractivity (Wildman–Crippen MR) is 104 cm³/mol. The summed E-state index contributed by atoms with van der Waals surface area (Å²) < 4.78 is 6.03. The molecule has 9 nitrogen and oxygen atoms in total. The van der Waals surface area contributed by atoms with Crippen molar-refractivity contribution in [3.05, 3.63) is 60.4 Å². The van der Waals surface area contributed by atoms with Gasteiger partial charge in [0.05, 0.1) is 21.2 Å². The summed E-state index contributed by atoms with van der Waals surface area (Å²) in [6.45, 7) is 2.06. The number of hydrogen-bond donors (Lipinski definition) is 1. The molecule has 0 bridgehead atoms. The number of halogens is 1. The van der Waals surface area contributed by atoms with E-state index in [-0.39, 0.29) is 45.5 Å². The van der Waals surface area contributed by atoms with Gasteiger partial charge in [-0.2, -0.15) is 5.26 Å². The molecule has 1 N–H and O–H groups in total. The first-order valence-electron chi connectivity index (χ1n) is 8.15. The molecule has 0 saturated carbocycles. The van der Waals surface area contributed by atoms with E-state index < -0.39 is 10.5 Å². The van der Waals surface area contributed by atoms with Crippen molar-refractivity contribution in [2.24, 2.45) is 4.99 Å². The molecule has 0 amide bonds. The highest BCUT2D eigenvalue weighted by Gasteiger charge is 2.18. The molecule has 0 aliphatic rings. The first kappa shape index (κ1) is 21.1. The average molecular weight is 405 g/mol. The maximum absolute atomic E-state index is 12.4. The molecule has 0 aliphatic carbocycles. The second-order valence-corrected chi connectivity index (χ2v) is 6.21. The van der Waals surface area contributed by atoms with E-state index in [2.05, 4.69) is 4.99 Å². The highest BCUT2D eigenvalue weighted by molar-refractivity contribution is 6.33. The minimum Gasteiger partial charge on any atom is -0.494 e. The van der Waals surface area contributed by atoms with Crippen molar-refractivity contribution >= 4 is 29.2 Å². The summed E-state index contributed by atoms with van der Waals surface area (Å²) in [5.41, 5.74) is -0.188. The fourth-order valence-corrected chi connectivity index (χ4v) is 2.77. The Kier molecular flexibility index (Phi) is 6.87. The standard InChI is InChI=1S/C18H17ClN4O5/c1-11-13(9-20)17(24)22(6-3-7-28-2)18(25)14(11)10-21-16-5-4-12(23(26)27)8-15(16)19/h4-5,8,10,25H,3,6-7H2,1-2H3. The minimum absolute atomic E-state index is 0.0523. The van der Waals surface area contributed by atoms with E-state index in [9.17, 15) is 25.3 Å². The normalized spacial score (nSPS) is 10.9. The number of benzene rings is 1. The summed E-state index contributed by atoms with van der Waals surface area (Å²) in [5.74, 6) is -0.334. The van der Waals surface area contributed by atoms with Crippen LogP contribution in [0, 0.1) is 28.4 Å². The Labute approximate surface area is 165 Å². The van der Waals surface area contributed by atoms with Gasteiger partial charge in [0.1, 0.15) is 11.6 Å². The van der Waals surface area contributed by atoms with E-state index in [4.69, 9.17) is 16.3 Å². The van der Waals surface area contributed by atoms with Crippen molar-refractivity contribution < 1.29 is 14.8 Å². The third kappa shape index (κ3) is 4.36. The molecule has 0 spiro atoms. The topological polar surface area (TPSA) is 131 Å². The van der Waals surface area contributed by atoms with E-state index in [1.807, 2.05) is 6.07 Å². The Morgan fingerprint density at radius 1 is 1.50 bits per heavy atom. The minimum atomic E-state index is -0.598. The smallest absolute Gasteiger partial charge is 0.271 e. The van der Waals surface area contributed by atoms with Gasteiger partial charge in [-0.25, -0.2) is 0 Å². The van der Waals surface area contributed by atoms with E-state index in [1.54, 1.807) is 0 Å². The number of methoxy groups -OCH3 is 1. The Bertz CT molecular complexity index is 1040. The largest absolute Gasteiger partial charge is 0.494 e. The molecule has 0 unspecified atom stereocenters. The van der Waals surface area contributed by atoms with Crippen molar-refractivity contribution in [1.82, 2.24) is 4.57 Å². The number of nitriles is 1. The molecule has 10 heteroatoms. The fourth-order valence-electron chi connectivity index (χ4n) is 2.55. The zero-order valence-corrected chi connectivity index (χ0v) is 15.9. The maximum Gasteiger partial charge on any atom is 0.271 e. The van der Waals surface area contributed by atoms with Crippen LogP contribution in [0.25, 0.3) is 0 Å². The van der Waals surface area contributed by atoms with Gasteiger partial charge in [-0.1, -0.05) is 11.6 Å². The number of aromatic nitrogens is 1. The van der Waals surface area contributed by atoms with Gasteiger partial charge in [-0.3, -0.25) is 24.5 Å². The van der Waals surface area contributed by atoms with Gasteiger partial charge < -0.3 is 9.84 Å². The number of nitrogens with zero attached hydrogens (tertiary/aromatic N) is 4. The van der Waals surface area contributed by atoms with Crippen LogP contribution in [-0.4, -0.2) is 34.5 Å². The van der Waals surface area contributed by atoms with Crippen LogP contribution in [0.3, 0.4) is 0 Å². The first-order chi connectivity index (χ1) is 13.3. The quantitative estimate of drug-likeness (QED) is 0.326. The summed E-state index contributed by atoms with van der Waals surface area (Å²) in [6, 6.07) is 5.63. The van der Waals surface area contributed by atoms with E-state index >= 15 is 0 Å². The molecule has 0 saturated heterocycles. The van der Waals surface area contributed by atoms with Crippen LogP contribution in [0.4, 0.5) is 11.4 Å². The number of ether oxygens (including phenoxy) is 1. The van der Waals surface area contributed by atoms with Crippen molar-refractivity contribution in [3.8, 4) is 11.9 Å². The highest BCUT2D eigenvalue weighted by Crippen LogP contribution is 2.29. The monoisotopic (exact) mass is 404 g/mol. The lowest BCUT2D eigenvalue weighted by Gasteiger charge is -2.13. The van der Waals surface area contributed by atoms with Gasteiger partial charge in [-0.05, 0) is 25.0 Å². The van der Waals surface area contributed by atoms with Gasteiger partial charge >= 0.3 is 0 Å². The molecule has 1 aromatic carbocycles. The van der Waals surface area contributed by atoms with Crippen LogP contribution in [-0.2, 0) is 11.3 Å². The Hall–Kier alpha value is -3.22. The van der Waals surface area contributed by atoms with E-state index in [0.717, 1.165) is 10.6 Å². The number of nitro groups is 1. The molecule has 0 fully saturated rings. The van der Waals surface area contributed by atoms with Crippen LogP contribution in [0.15, 0.2) is 28.0 Å². The lowest BCUT2D eigenvalue weighted by Crippen LogP contribution is -2.26. The molecular weight excluding hydrogens is 388 g/mol. The summed E-state index contributed by atoms with van der Waals surface area (Å²) in [4.78, 5) is 26.8. The fraction of sp³-hybridized carbons (Fsp3) is 0.278. The van der Waals surface area contributed by atoms with Crippen molar-refractivity contribution in [2.45, 2.75) is 19.9 Å². The van der Waals surface area contributed by atoms with Gasteiger partial charge in [0.25, 0.3) is 11.2 Å². The molecule has 146 valence electrons. The van der Waals surface area contributed by atoms with Crippen molar-refractivity contribution in [1.29, 1.82) is 5.26 Å². The molecule has 28 heavy (non-hydrogen) atoms. The van der Waals surface area contributed by atoms with Crippen LogP contribution in [0.2, 0.25) is 5.02 Å². The lowest BCUT2D eigenvalue weighted by atomic mass is 10.1. The number of aromatic hydroxyl groups is 1. The molecule has 0 atom stereocenters. The van der Waals surface area contributed by atoms with Crippen LogP contribution < -0.4 is 5.56 Å². The van der Waals surface area contributed by atoms with Crippen LogP contribution >= 0.6 is 11.6 Å². The number of rotatable bonds is 7. The van der Waals surface area contributed by atoms with Gasteiger partial charge in [0, 0.05) is 38.6 Å². The zero-order chi connectivity index (χ0) is 20.8. The molecule has 1 heterocycles. The van der Waals surface area contributed by atoms with Gasteiger partial charge in [0.2, 0.25) is 5.88 Å².